The monoisotopic (exact) mass is 154 g/mol. The number of methoxy groups -OCH3 is 1. The summed E-state index contributed by atoms with van der Waals surface area (Å²) in [4.78, 5) is 0. The fourth-order valence-corrected chi connectivity index (χ4v) is 0.831. The van der Waals surface area contributed by atoms with Crippen LogP contribution in [0.5, 0.6) is 0 Å². The second kappa shape index (κ2) is 2.66. The summed E-state index contributed by atoms with van der Waals surface area (Å²) in [5.74, 6) is 0. The van der Waals surface area contributed by atoms with Crippen LogP contribution in [0, 0.1) is 6.92 Å². The molecule has 3 nitrogen and oxygen atoms in total. The van der Waals surface area contributed by atoms with Crippen molar-refractivity contribution in [1.29, 1.82) is 0 Å². The van der Waals surface area contributed by atoms with Gasteiger partial charge in [-0.2, -0.15) is 5.10 Å². The van der Waals surface area contributed by atoms with Gasteiger partial charge in [0.15, 0.2) is 0 Å². The normalized spacial score (nSPS) is 12.0. The molecule has 62 valence electrons. The molecule has 0 aliphatic rings. The zero-order chi connectivity index (χ0) is 8.48. The first-order valence-electron chi connectivity index (χ1n) is 3.64. The number of aryl methyl sites for hydroxylation is 1. The molecule has 0 unspecified atom stereocenters. The van der Waals surface area contributed by atoms with Crippen LogP contribution in [0.2, 0.25) is 0 Å². The van der Waals surface area contributed by atoms with Crippen molar-refractivity contribution in [2.75, 3.05) is 7.11 Å². The Bertz CT molecular complexity index is 240. The van der Waals surface area contributed by atoms with Crippen LogP contribution in [0.25, 0.3) is 0 Å². The maximum Gasteiger partial charge on any atom is 0.106 e. The van der Waals surface area contributed by atoms with E-state index in [4.69, 9.17) is 4.74 Å². The van der Waals surface area contributed by atoms with E-state index in [0.717, 1.165) is 11.4 Å². The van der Waals surface area contributed by atoms with E-state index in [0.29, 0.717) is 0 Å². The molecule has 0 saturated heterocycles. The number of aromatic amines is 1. The van der Waals surface area contributed by atoms with Crippen molar-refractivity contribution >= 4 is 0 Å². The van der Waals surface area contributed by atoms with Gasteiger partial charge in [0, 0.05) is 12.8 Å². The fraction of sp³-hybridized carbons (Fsp3) is 0.625. The smallest absolute Gasteiger partial charge is 0.106 e. The maximum absolute atomic E-state index is 5.25. The first-order valence-corrected chi connectivity index (χ1v) is 3.64. The number of nitrogens with zero attached hydrogens (tertiary/aromatic N) is 1. The minimum atomic E-state index is -0.287. The Morgan fingerprint density at radius 1 is 1.55 bits per heavy atom. The lowest BCUT2D eigenvalue weighted by Crippen LogP contribution is -2.19. The molecule has 1 heterocycles. The summed E-state index contributed by atoms with van der Waals surface area (Å²) in [6, 6.07) is 1.99. The number of rotatable bonds is 2. The summed E-state index contributed by atoms with van der Waals surface area (Å²) >= 11 is 0. The minimum Gasteiger partial charge on any atom is -0.372 e. The third-order valence-corrected chi connectivity index (χ3v) is 1.83. The molecule has 1 N–H and O–H groups in total. The lowest BCUT2D eigenvalue weighted by Gasteiger charge is -2.19. The van der Waals surface area contributed by atoms with E-state index in [-0.39, 0.29) is 5.60 Å². The van der Waals surface area contributed by atoms with E-state index in [1.807, 2.05) is 26.8 Å². The van der Waals surface area contributed by atoms with Gasteiger partial charge in [0.2, 0.25) is 0 Å². The first kappa shape index (κ1) is 8.27. The second-order valence-electron chi connectivity index (χ2n) is 3.15. The van der Waals surface area contributed by atoms with Crippen LogP contribution >= 0.6 is 0 Å². The van der Waals surface area contributed by atoms with Crippen LogP contribution in [-0.4, -0.2) is 17.3 Å². The summed E-state index contributed by atoms with van der Waals surface area (Å²) in [6.45, 7) is 5.95. The summed E-state index contributed by atoms with van der Waals surface area (Å²) in [6.07, 6.45) is 0. The van der Waals surface area contributed by atoms with Crippen LogP contribution in [0.4, 0.5) is 0 Å². The molecule has 0 saturated carbocycles. The van der Waals surface area contributed by atoms with Crippen molar-refractivity contribution in [3.8, 4) is 0 Å². The number of H-pyrrole nitrogens is 1. The van der Waals surface area contributed by atoms with Crippen molar-refractivity contribution in [2.45, 2.75) is 26.4 Å². The molecule has 0 aliphatic heterocycles. The molecular weight excluding hydrogens is 140 g/mol. The topological polar surface area (TPSA) is 37.9 Å². The Morgan fingerprint density at radius 3 is 2.55 bits per heavy atom. The van der Waals surface area contributed by atoms with Crippen molar-refractivity contribution in [3.63, 3.8) is 0 Å². The molecule has 0 fully saturated rings. The highest BCUT2D eigenvalue weighted by molar-refractivity contribution is 5.13. The standard InChI is InChI=1S/C8H14N2O/c1-6-5-7(10-9-6)8(2,3)11-4/h5H,1-4H3,(H,9,10). The lowest BCUT2D eigenvalue weighted by molar-refractivity contribution is 0.0154. The second-order valence-corrected chi connectivity index (χ2v) is 3.15. The highest BCUT2D eigenvalue weighted by atomic mass is 16.5. The number of aromatic nitrogens is 2. The molecule has 1 aromatic heterocycles. The van der Waals surface area contributed by atoms with Gasteiger partial charge in [-0.15, -0.1) is 0 Å². The quantitative estimate of drug-likeness (QED) is 0.702. The zero-order valence-electron chi connectivity index (χ0n) is 7.43. The fourth-order valence-electron chi connectivity index (χ4n) is 0.831. The van der Waals surface area contributed by atoms with Gasteiger partial charge in [-0.3, -0.25) is 5.10 Å². The minimum absolute atomic E-state index is 0.287. The van der Waals surface area contributed by atoms with Gasteiger partial charge >= 0.3 is 0 Å². The molecule has 0 amide bonds. The Balaban J connectivity index is 2.92. The Morgan fingerprint density at radius 2 is 2.18 bits per heavy atom. The van der Waals surface area contributed by atoms with Crippen molar-refractivity contribution in [2.24, 2.45) is 0 Å². The molecule has 0 bridgehead atoms. The number of hydrogen-bond acceptors (Lipinski definition) is 2. The van der Waals surface area contributed by atoms with Crippen molar-refractivity contribution in [3.05, 3.63) is 17.5 Å². The molecule has 0 atom stereocenters. The largest absolute Gasteiger partial charge is 0.372 e. The summed E-state index contributed by atoms with van der Waals surface area (Å²) in [5, 5.41) is 6.99. The molecular formula is C8H14N2O. The molecule has 0 spiro atoms. The molecule has 0 aromatic carbocycles. The van der Waals surface area contributed by atoms with Crippen LogP contribution in [-0.2, 0) is 10.3 Å². The molecule has 1 aromatic rings. The summed E-state index contributed by atoms with van der Waals surface area (Å²) < 4.78 is 5.25. The maximum atomic E-state index is 5.25. The lowest BCUT2D eigenvalue weighted by atomic mass is 10.1. The predicted octanol–water partition coefficient (Wildman–Crippen LogP) is 1.60. The van der Waals surface area contributed by atoms with E-state index >= 15 is 0 Å². The molecule has 0 aliphatic carbocycles. The van der Waals surface area contributed by atoms with E-state index in [1.165, 1.54) is 0 Å². The number of hydrogen-bond donors (Lipinski definition) is 1. The van der Waals surface area contributed by atoms with Gasteiger partial charge in [-0.1, -0.05) is 0 Å². The third-order valence-electron chi connectivity index (χ3n) is 1.83. The third kappa shape index (κ3) is 1.60. The van der Waals surface area contributed by atoms with Gasteiger partial charge in [-0.05, 0) is 26.8 Å². The van der Waals surface area contributed by atoms with Crippen LogP contribution in [0.15, 0.2) is 6.07 Å². The summed E-state index contributed by atoms with van der Waals surface area (Å²) in [7, 11) is 1.68. The van der Waals surface area contributed by atoms with Gasteiger partial charge in [-0.25, -0.2) is 0 Å². The SMILES string of the molecule is COC(C)(C)c1cc(C)[nH]n1. The Kier molecular flexibility index (Phi) is 2.00. The summed E-state index contributed by atoms with van der Waals surface area (Å²) in [5.41, 5.74) is 1.72. The molecule has 1 rings (SSSR count). The molecule has 11 heavy (non-hydrogen) atoms. The van der Waals surface area contributed by atoms with Crippen molar-refractivity contribution < 1.29 is 4.74 Å². The number of ether oxygens (including phenoxy) is 1. The first-order chi connectivity index (χ1) is 5.06. The van der Waals surface area contributed by atoms with Crippen LogP contribution in [0.3, 0.4) is 0 Å². The highest BCUT2D eigenvalue weighted by Gasteiger charge is 2.21. The van der Waals surface area contributed by atoms with Crippen LogP contribution in [0.1, 0.15) is 25.2 Å². The van der Waals surface area contributed by atoms with E-state index in [1.54, 1.807) is 7.11 Å². The van der Waals surface area contributed by atoms with Crippen molar-refractivity contribution in [1.82, 2.24) is 10.2 Å². The predicted molar refractivity (Wildman–Crippen MR) is 43.4 cm³/mol. The molecule has 0 radical (unpaired) electrons. The Labute approximate surface area is 66.8 Å². The van der Waals surface area contributed by atoms with Gasteiger partial charge in [0.25, 0.3) is 0 Å². The number of nitrogens with one attached hydrogen (secondary N) is 1. The van der Waals surface area contributed by atoms with Gasteiger partial charge in [0.05, 0.1) is 5.69 Å². The molecule has 3 heteroatoms. The highest BCUT2D eigenvalue weighted by Crippen LogP contribution is 2.21. The van der Waals surface area contributed by atoms with E-state index in [2.05, 4.69) is 10.2 Å². The van der Waals surface area contributed by atoms with Gasteiger partial charge < -0.3 is 4.74 Å². The Hall–Kier alpha value is -0.830. The van der Waals surface area contributed by atoms with Gasteiger partial charge in [0.1, 0.15) is 5.60 Å². The van der Waals surface area contributed by atoms with E-state index in [9.17, 15) is 0 Å². The average Bonchev–Trinajstić information content (AvgIpc) is 2.36. The zero-order valence-corrected chi connectivity index (χ0v) is 7.43. The van der Waals surface area contributed by atoms with E-state index < -0.39 is 0 Å². The van der Waals surface area contributed by atoms with Crippen LogP contribution < -0.4 is 0 Å². The average molecular weight is 154 g/mol.